The van der Waals surface area contributed by atoms with E-state index in [9.17, 15) is 9.18 Å². The van der Waals surface area contributed by atoms with E-state index in [1.807, 2.05) is 0 Å². The highest BCUT2D eigenvalue weighted by Crippen LogP contribution is 2.19. The zero-order valence-electron chi connectivity index (χ0n) is 13.5. The Bertz CT molecular complexity index is 937. The Labute approximate surface area is 138 Å². The normalized spacial score (nSPS) is 11.0. The highest BCUT2D eigenvalue weighted by molar-refractivity contribution is 5.79. The molecule has 6 heteroatoms. The van der Waals surface area contributed by atoms with Crippen LogP contribution in [-0.2, 0) is 13.2 Å². The van der Waals surface area contributed by atoms with Crippen molar-refractivity contribution >= 4 is 10.9 Å². The molecule has 0 amide bonds. The van der Waals surface area contributed by atoms with E-state index in [1.165, 1.54) is 12.1 Å². The molecule has 0 saturated carbocycles. The van der Waals surface area contributed by atoms with Crippen LogP contribution in [0.15, 0.2) is 47.3 Å². The van der Waals surface area contributed by atoms with Crippen LogP contribution in [0.4, 0.5) is 4.39 Å². The molecular weight excluding hydrogens is 309 g/mol. The molecule has 3 N–H and O–H groups in total. The molecule has 0 saturated heterocycles. The molecule has 0 aliphatic heterocycles. The maximum Gasteiger partial charge on any atom is 0.261 e. The van der Waals surface area contributed by atoms with Crippen molar-refractivity contribution in [3.8, 4) is 5.75 Å². The number of benzene rings is 2. The zero-order chi connectivity index (χ0) is 17.1. The minimum Gasteiger partial charge on any atom is -0.489 e. The summed E-state index contributed by atoms with van der Waals surface area (Å²) in [6, 6.07) is 11.4. The van der Waals surface area contributed by atoms with Crippen molar-refractivity contribution in [3.63, 3.8) is 0 Å². The molecule has 0 aliphatic carbocycles. The summed E-state index contributed by atoms with van der Waals surface area (Å²) in [5.74, 6) is 0.948. The van der Waals surface area contributed by atoms with E-state index in [-0.39, 0.29) is 18.0 Å². The molecular formula is C18H19FN3O2+. The Kier molecular flexibility index (Phi) is 4.57. The lowest BCUT2D eigenvalue weighted by Crippen LogP contribution is -2.53. The van der Waals surface area contributed by atoms with Gasteiger partial charge in [0.2, 0.25) is 0 Å². The topological polar surface area (TPSA) is 71.8 Å². The van der Waals surface area contributed by atoms with E-state index in [1.54, 1.807) is 41.8 Å². The summed E-state index contributed by atoms with van der Waals surface area (Å²) in [6.07, 6.45) is 0. The van der Waals surface area contributed by atoms with Crippen LogP contribution in [0.25, 0.3) is 10.9 Å². The molecule has 0 atom stereocenters. The van der Waals surface area contributed by atoms with E-state index in [0.717, 1.165) is 5.56 Å². The van der Waals surface area contributed by atoms with Gasteiger partial charge in [-0.1, -0.05) is 12.1 Å². The lowest BCUT2D eigenvalue weighted by molar-refractivity contribution is -0.369. The van der Waals surface area contributed by atoms with E-state index >= 15 is 0 Å². The van der Waals surface area contributed by atoms with Crippen molar-refractivity contribution < 1.29 is 14.9 Å². The van der Waals surface area contributed by atoms with Crippen molar-refractivity contribution in [1.29, 1.82) is 0 Å². The highest BCUT2D eigenvalue weighted by Gasteiger charge is 2.09. The average Bonchev–Trinajstić information content (AvgIpc) is 2.56. The third-order valence-electron chi connectivity index (χ3n) is 3.79. The fourth-order valence-electron chi connectivity index (χ4n) is 2.62. The van der Waals surface area contributed by atoms with Gasteiger partial charge in [-0.05, 0) is 36.8 Å². The van der Waals surface area contributed by atoms with Crippen LogP contribution >= 0.6 is 0 Å². The monoisotopic (exact) mass is 328 g/mol. The van der Waals surface area contributed by atoms with Gasteiger partial charge in [-0.25, -0.2) is 9.37 Å². The lowest BCUT2D eigenvalue weighted by atomic mass is 10.2. The number of halogens is 1. The molecule has 0 aliphatic rings. The molecule has 1 aromatic heterocycles. The molecule has 3 aromatic rings. The van der Waals surface area contributed by atoms with E-state index in [2.05, 4.69) is 10.7 Å². The second kappa shape index (κ2) is 6.80. The Morgan fingerprint density at radius 1 is 1.25 bits per heavy atom. The summed E-state index contributed by atoms with van der Waals surface area (Å²) < 4.78 is 20.5. The molecule has 0 radical (unpaired) electrons. The zero-order valence-corrected chi connectivity index (χ0v) is 13.5. The summed E-state index contributed by atoms with van der Waals surface area (Å²) in [7, 11) is 0. The van der Waals surface area contributed by atoms with Crippen molar-refractivity contribution in [2.24, 2.45) is 0 Å². The number of quaternary nitrogens is 1. The number of hydrogen-bond acceptors (Lipinski definition) is 3. The molecule has 124 valence electrons. The van der Waals surface area contributed by atoms with Gasteiger partial charge < -0.3 is 10.5 Å². The summed E-state index contributed by atoms with van der Waals surface area (Å²) in [5.41, 5.74) is 5.04. The van der Waals surface area contributed by atoms with Gasteiger partial charge in [-0.15, -0.1) is 0 Å². The summed E-state index contributed by atoms with van der Waals surface area (Å²) >= 11 is 0. The second-order valence-electron chi connectivity index (χ2n) is 5.57. The molecule has 0 fully saturated rings. The van der Waals surface area contributed by atoms with Crippen molar-refractivity contribution in [2.75, 3.05) is 6.54 Å². The number of nitrogens with zero attached hydrogens (tertiary/aromatic N) is 2. The van der Waals surface area contributed by atoms with Crippen molar-refractivity contribution in [1.82, 2.24) is 9.55 Å². The number of fused-ring (bicyclic) bond motifs is 1. The van der Waals surface area contributed by atoms with Crippen molar-refractivity contribution in [2.45, 2.75) is 20.1 Å². The van der Waals surface area contributed by atoms with Gasteiger partial charge in [0.05, 0.1) is 24.0 Å². The largest absolute Gasteiger partial charge is 0.489 e. The van der Waals surface area contributed by atoms with Crippen LogP contribution in [0.3, 0.4) is 0 Å². The second-order valence-corrected chi connectivity index (χ2v) is 5.57. The minimum atomic E-state index is -0.294. The molecule has 0 spiro atoms. The van der Waals surface area contributed by atoms with Gasteiger partial charge >= 0.3 is 0 Å². The molecule has 1 heterocycles. The molecule has 2 aromatic carbocycles. The Hall–Kier alpha value is -2.73. The number of aromatic nitrogens is 2. The number of rotatable bonds is 5. The van der Waals surface area contributed by atoms with Crippen LogP contribution in [0.2, 0.25) is 0 Å². The summed E-state index contributed by atoms with van der Waals surface area (Å²) in [6.45, 7) is 3.23. The maximum absolute atomic E-state index is 13.2. The summed E-state index contributed by atoms with van der Waals surface area (Å²) in [5, 5.41) is 0.548. The van der Waals surface area contributed by atoms with Gasteiger partial charge in [0.25, 0.3) is 5.56 Å². The van der Waals surface area contributed by atoms with Crippen LogP contribution in [0.1, 0.15) is 11.4 Å². The van der Waals surface area contributed by atoms with Gasteiger partial charge in [0.1, 0.15) is 24.0 Å². The van der Waals surface area contributed by atoms with Crippen LogP contribution in [0, 0.1) is 12.7 Å². The SMILES string of the molecule is Cc1nc2cc(OCc3cccc(F)c3)ccc2c(=O)n1CC[NH3+]. The predicted molar refractivity (Wildman–Crippen MR) is 89.2 cm³/mol. The highest BCUT2D eigenvalue weighted by atomic mass is 19.1. The number of hydrogen-bond donors (Lipinski definition) is 1. The molecule has 0 bridgehead atoms. The van der Waals surface area contributed by atoms with Gasteiger partial charge in [-0.3, -0.25) is 9.36 Å². The van der Waals surface area contributed by atoms with Gasteiger partial charge in [0, 0.05) is 6.07 Å². The Morgan fingerprint density at radius 3 is 2.83 bits per heavy atom. The molecule has 24 heavy (non-hydrogen) atoms. The first-order chi connectivity index (χ1) is 11.6. The quantitative estimate of drug-likeness (QED) is 0.774. The number of aryl methyl sites for hydroxylation is 1. The third-order valence-corrected chi connectivity index (χ3v) is 3.79. The maximum atomic E-state index is 13.2. The van der Waals surface area contributed by atoms with Gasteiger partial charge in [-0.2, -0.15) is 0 Å². The predicted octanol–water partition coefficient (Wildman–Crippen LogP) is 1.66. The van der Waals surface area contributed by atoms with Crippen LogP contribution < -0.4 is 16.0 Å². The lowest BCUT2D eigenvalue weighted by Gasteiger charge is -2.10. The standard InChI is InChI=1S/C18H18FN3O2/c1-12-21-17-10-15(24-11-13-3-2-4-14(19)9-13)5-6-16(17)18(23)22(12)8-7-20/h2-6,9-10H,7-8,11,20H2,1H3/p+1. The smallest absolute Gasteiger partial charge is 0.261 e. The molecule has 3 rings (SSSR count). The Morgan fingerprint density at radius 2 is 2.08 bits per heavy atom. The van der Waals surface area contributed by atoms with Crippen LogP contribution in [0.5, 0.6) is 5.75 Å². The minimum absolute atomic E-state index is 0.0715. The van der Waals surface area contributed by atoms with Crippen molar-refractivity contribution in [3.05, 3.63) is 70.0 Å². The number of ether oxygens (including phenoxy) is 1. The molecule has 0 unspecified atom stereocenters. The fourth-order valence-corrected chi connectivity index (χ4v) is 2.62. The first kappa shape index (κ1) is 16.1. The summed E-state index contributed by atoms with van der Waals surface area (Å²) in [4.78, 5) is 17.0. The fraction of sp³-hybridized carbons (Fsp3) is 0.222. The molecule has 5 nitrogen and oxygen atoms in total. The van der Waals surface area contributed by atoms with E-state index in [4.69, 9.17) is 4.74 Å². The first-order valence-corrected chi connectivity index (χ1v) is 7.76. The van der Waals surface area contributed by atoms with E-state index < -0.39 is 0 Å². The first-order valence-electron chi connectivity index (χ1n) is 7.76. The third kappa shape index (κ3) is 3.28. The Balaban J connectivity index is 1.88. The van der Waals surface area contributed by atoms with Gasteiger partial charge in [0.15, 0.2) is 0 Å². The average molecular weight is 328 g/mol. The van der Waals surface area contributed by atoms with Crippen LogP contribution in [-0.4, -0.2) is 16.1 Å². The van der Waals surface area contributed by atoms with E-state index in [0.29, 0.717) is 35.6 Å².